The number of nitrogens with zero attached hydrogens (tertiary/aromatic N) is 1. The van der Waals surface area contributed by atoms with Gasteiger partial charge in [-0.2, -0.15) is 17.4 Å². The first-order valence-electron chi connectivity index (χ1n) is 4.81. The van der Waals surface area contributed by atoms with E-state index in [1.54, 1.807) is 4.31 Å². The number of nitrogens with one attached hydrogen (secondary N) is 1. The molecule has 2 unspecified atom stereocenters. The van der Waals surface area contributed by atoms with Crippen molar-refractivity contribution in [3.63, 3.8) is 0 Å². The standard InChI is InChI=1S/C8H16N2O2S/c1-6(2)10-8-4-3-7(5-8)9-13(10,11)12/h6-9H,3-5H2,1-2H3. The predicted octanol–water partition coefficient (Wildman–Crippen LogP) is 0.466. The molecular formula is C8H16N2O2S. The van der Waals surface area contributed by atoms with Crippen LogP contribution in [0.5, 0.6) is 0 Å². The molecule has 1 saturated heterocycles. The number of hydrogen-bond acceptors (Lipinski definition) is 2. The molecule has 4 nitrogen and oxygen atoms in total. The van der Waals surface area contributed by atoms with E-state index in [1.807, 2.05) is 13.8 Å². The van der Waals surface area contributed by atoms with Gasteiger partial charge in [0.25, 0.3) is 10.2 Å². The highest BCUT2D eigenvalue weighted by molar-refractivity contribution is 7.87. The van der Waals surface area contributed by atoms with Crippen molar-refractivity contribution >= 4 is 10.2 Å². The van der Waals surface area contributed by atoms with E-state index in [-0.39, 0.29) is 18.1 Å². The summed E-state index contributed by atoms with van der Waals surface area (Å²) in [7, 11) is -3.18. The summed E-state index contributed by atoms with van der Waals surface area (Å²) in [6.45, 7) is 3.86. The highest BCUT2D eigenvalue weighted by Gasteiger charge is 2.43. The molecule has 1 aliphatic heterocycles. The fraction of sp³-hybridized carbons (Fsp3) is 1.00. The fourth-order valence-corrected chi connectivity index (χ4v) is 4.36. The minimum absolute atomic E-state index is 0.0709. The Balaban J connectivity index is 2.31. The molecule has 0 aromatic carbocycles. The summed E-state index contributed by atoms with van der Waals surface area (Å²) in [6.07, 6.45) is 2.99. The molecule has 0 aromatic rings. The maximum atomic E-state index is 11.7. The summed E-state index contributed by atoms with van der Waals surface area (Å²) >= 11 is 0. The maximum absolute atomic E-state index is 11.7. The second kappa shape index (κ2) is 2.93. The number of hydrogen-bond donors (Lipinski definition) is 1. The summed E-state index contributed by atoms with van der Waals surface area (Å²) in [5.74, 6) is 0. The van der Waals surface area contributed by atoms with Crippen LogP contribution in [-0.2, 0) is 10.2 Å². The van der Waals surface area contributed by atoms with E-state index < -0.39 is 10.2 Å². The second-order valence-corrected chi connectivity index (χ2v) is 5.82. The topological polar surface area (TPSA) is 49.4 Å². The molecule has 1 heterocycles. The molecule has 5 heteroatoms. The van der Waals surface area contributed by atoms with Gasteiger partial charge >= 0.3 is 0 Å². The van der Waals surface area contributed by atoms with Crippen LogP contribution in [0.2, 0.25) is 0 Å². The molecular weight excluding hydrogens is 188 g/mol. The Hall–Kier alpha value is -0.130. The van der Waals surface area contributed by atoms with E-state index in [0.29, 0.717) is 0 Å². The average Bonchev–Trinajstić information content (AvgIpc) is 2.29. The molecule has 1 aliphatic carbocycles. The Morgan fingerprint density at radius 2 is 2.08 bits per heavy atom. The van der Waals surface area contributed by atoms with Crippen LogP contribution in [0.4, 0.5) is 0 Å². The van der Waals surface area contributed by atoms with Crippen LogP contribution in [0.1, 0.15) is 33.1 Å². The third-order valence-corrected chi connectivity index (χ3v) is 4.77. The van der Waals surface area contributed by atoms with Gasteiger partial charge in [-0.1, -0.05) is 0 Å². The minimum atomic E-state index is -3.18. The lowest BCUT2D eigenvalue weighted by molar-refractivity contribution is 0.254. The van der Waals surface area contributed by atoms with Gasteiger partial charge < -0.3 is 0 Å². The van der Waals surface area contributed by atoms with E-state index in [0.717, 1.165) is 19.3 Å². The van der Waals surface area contributed by atoms with Crippen molar-refractivity contribution in [2.24, 2.45) is 0 Å². The van der Waals surface area contributed by atoms with Crippen LogP contribution >= 0.6 is 0 Å². The Bertz CT molecular complexity index is 299. The Morgan fingerprint density at radius 3 is 2.69 bits per heavy atom. The molecule has 2 atom stereocenters. The van der Waals surface area contributed by atoms with Crippen LogP contribution in [0.15, 0.2) is 0 Å². The first-order chi connectivity index (χ1) is 6.00. The lowest BCUT2D eigenvalue weighted by Crippen LogP contribution is -2.55. The molecule has 1 N–H and O–H groups in total. The average molecular weight is 204 g/mol. The zero-order valence-electron chi connectivity index (χ0n) is 8.03. The predicted molar refractivity (Wildman–Crippen MR) is 50.5 cm³/mol. The number of fused-ring (bicyclic) bond motifs is 2. The molecule has 0 aromatic heterocycles. The fourth-order valence-electron chi connectivity index (χ4n) is 2.46. The van der Waals surface area contributed by atoms with Gasteiger partial charge in [0.05, 0.1) is 0 Å². The molecule has 1 saturated carbocycles. The van der Waals surface area contributed by atoms with Crippen molar-refractivity contribution < 1.29 is 8.42 Å². The summed E-state index contributed by atoms with van der Waals surface area (Å²) in [5.41, 5.74) is 0. The van der Waals surface area contributed by atoms with Gasteiger partial charge in [0.2, 0.25) is 0 Å². The van der Waals surface area contributed by atoms with Gasteiger partial charge in [-0.15, -0.1) is 0 Å². The Kier molecular flexibility index (Phi) is 2.13. The van der Waals surface area contributed by atoms with Crippen LogP contribution in [0.25, 0.3) is 0 Å². The first kappa shape index (κ1) is 9.43. The van der Waals surface area contributed by atoms with Crippen molar-refractivity contribution in [3.05, 3.63) is 0 Å². The lowest BCUT2D eigenvalue weighted by Gasteiger charge is -2.35. The van der Waals surface area contributed by atoms with Gasteiger partial charge in [0.1, 0.15) is 0 Å². The third-order valence-electron chi connectivity index (χ3n) is 2.87. The van der Waals surface area contributed by atoms with Crippen LogP contribution < -0.4 is 4.72 Å². The van der Waals surface area contributed by atoms with Crippen LogP contribution in [0.3, 0.4) is 0 Å². The Morgan fingerprint density at radius 1 is 1.38 bits per heavy atom. The molecule has 2 fully saturated rings. The molecule has 13 heavy (non-hydrogen) atoms. The summed E-state index contributed by atoms with van der Waals surface area (Å²) in [5, 5.41) is 0. The van der Waals surface area contributed by atoms with Crippen LogP contribution in [-0.4, -0.2) is 30.8 Å². The summed E-state index contributed by atoms with van der Waals surface area (Å²) < 4.78 is 27.7. The van der Waals surface area contributed by atoms with Gasteiger partial charge in [0, 0.05) is 18.1 Å². The van der Waals surface area contributed by atoms with Crippen molar-refractivity contribution in [2.45, 2.75) is 51.2 Å². The van der Waals surface area contributed by atoms with E-state index in [9.17, 15) is 8.42 Å². The van der Waals surface area contributed by atoms with E-state index in [2.05, 4.69) is 4.72 Å². The Labute approximate surface area is 79.5 Å². The quantitative estimate of drug-likeness (QED) is 0.675. The SMILES string of the molecule is CC(C)N1C2CCC(C2)NS1(=O)=O. The third kappa shape index (κ3) is 1.49. The zero-order valence-corrected chi connectivity index (χ0v) is 8.84. The second-order valence-electron chi connectivity index (χ2n) is 4.21. The highest BCUT2D eigenvalue weighted by atomic mass is 32.2. The molecule has 0 radical (unpaired) electrons. The smallest absolute Gasteiger partial charge is 0.199 e. The number of rotatable bonds is 1. The molecule has 76 valence electrons. The van der Waals surface area contributed by atoms with Crippen molar-refractivity contribution in [2.75, 3.05) is 0 Å². The van der Waals surface area contributed by atoms with Crippen molar-refractivity contribution in [3.8, 4) is 0 Å². The first-order valence-corrected chi connectivity index (χ1v) is 6.25. The van der Waals surface area contributed by atoms with E-state index >= 15 is 0 Å². The van der Waals surface area contributed by atoms with Gasteiger partial charge in [-0.05, 0) is 33.1 Å². The van der Waals surface area contributed by atoms with Crippen molar-refractivity contribution in [1.29, 1.82) is 0 Å². The van der Waals surface area contributed by atoms with E-state index in [1.165, 1.54) is 0 Å². The van der Waals surface area contributed by atoms with Gasteiger partial charge in [0.15, 0.2) is 0 Å². The summed E-state index contributed by atoms with van der Waals surface area (Å²) in [6, 6.07) is 0.516. The van der Waals surface area contributed by atoms with Crippen molar-refractivity contribution in [1.82, 2.24) is 9.03 Å². The zero-order chi connectivity index (χ0) is 9.64. The van der Waals surface area contributed by atoms with E-state index in [4.69, 9.17) is 0 Å². The molecule has 2 aliphatic rings. The molecule has 2 rings (SSSR count). The lowest BCUT2D eigenvalue weighted by atomic mass is 10.2. The molecule has 2 bridgehead atoms. The van der Waals surface area contributed by atoms with Gasteiger partial charge in [-0.3, -0.25) is 0 Å². The normalized spacial score (nSPS) is 38.4. The highest BCUT2D eigenvalue weighted by Crippen LogP contribution is 2.32. The minimum Gasteiger partial charge on any atom is -0.199 e. The molecule has 0 spiro atoms. The van der Waals surface area contributed by atoms with Crippen LogP contribution in [0, 0.1) is 0 Å². The largest absolute Gasteiger partial charge is 0.280 e. The summed E-state index contributed by atoms with van der Waals surface area (Å²) in [4.78, 5) is 0. The monoisotopic (exact) mass is 204 g/mol. The molecule has 0 amide bonds. The maximum Gasteiger partial charge on any atom is 0.280 e. The van der Waals surface area contributed by atoms with Gasteiger partial charge in [-0.25, -0.2) is 0 Å².